The molecular weight excluding hydrogens is 432 g/mol. The van der Waals surface area contributed by atoms with Crippen molar-refractivity contribution in [1.82, 2.24) is 9.97 Å². The topological polar surface area (TPSA) is 113 Å². The van der Waals surface area contributed by atoms with Gasteiger partial charge in [0, 0.05) is 23.9 Å². The van der Waals surface area contributed by atoms with E-state index in [9.17, 15) is 14.4 Å². The number of para-hydroxylation sites is 2. The van der Waals surface area contributed by atoms with Gasteiger partial charge in [-0.3, -0.25) is 9.59 Å². The van der Waals surface area contributed by atoms with Crippen LogP contribution in [0.5, 0.6) is 0 Å². The number of hydrogen-bond acceptors (Lipinski definition) is 5. The van der Waals surface area contributed by atoms with Gasteiger partial charge in [-0.1, -0.05) is 37.3 Å². The van der Waals surface area contributed by atoms with Crippen LogP contribution in [0.15, 0.2) is 72.8 Å². The zero-order valence-electron chi connectivity index (χ0n) is 18.8. The van der Waals surface area contributed by atoms with Crippen molar-refractivity contribution in [3.63, 3.8) is 0 Å². The first kappa shape index (κ1) is 22.7. The number of amides is 2. The van der Waals surface area contributed by atoms with E-state index >= 15 is 0 Å². The van der Waals surface area contributed by atoms with Crippen molar-refractivity contribution in [2.24, 2.45) is 0 Å². The lowest BCUT2D eigenvalue weighted by molar-refractivity contribution is -0.124. The molecule has 0 aliphatic rings. The third kappa shape index (κ3) is 5.12. The number of nitrogens with zero attached hydrogens (tertiary/aromatic N) is 1. The van der Waals surface area contributed by atoms with Crippen LogP contribution < -0.4 is 10.6 Å². The number of rotatable bonds is 7. The molecule has 1 aromatic heterocycles. The van der Waals surface area contributed by atoms with Crippen LogP contribution >= 0.6 is 0 Å². The van der Waals surface area contributed by atoms with Crippen LogP contribution in [0, 0.1) is 0 Å². The molecule has 0 aliphatic carbocycles. The fraction of sp³-hybridized carbons (Fsp3) is 0.154. The highest BCUT2D eigenvalue weighted by molar-refractivity contribution is 6.00. The number of aromatic amines is 1. The van der Waals surface area contributed by atoms with Crippen molar-refractivity contribution in [3.8, 4) is 11.4 Å². The fourth-order valence-electron chi connectivity index (χ4n) is 3.53. The number of hydrogen-bond donors (Lipinski definition) is 3. The second-order valence-corrected chi connectivity index (χ2v) is 7.70. The lowest BCUT2D eigenvalue weighted by atomic mass is 10.1. The number of carbonyl (C=O) groups excluding carboxylic acids is 3. The van der Waals surface area contributed by atoms with E-state index in [0.717, 1.165) is 11.0 Å². The SMILES string of the molecule is CCC(OC(=O)c1ccccc1-c1nc2ccccc2[nH]1)C(=O)Nc1ccc(NC(C)=O)cc1. The third-order valence-electron chi connectivity index (χ3n) is 5.18. The smallest absolute Gasteiger partial charge is 0.339 e. The van der Waals surface area contributed by atoms with Gasteiger partial charge in [-0.05, 0) is 48.9 Å². The van der Waals surface area contributed by atoms with Crippen LogP contribution in [0.1, 0.15) is 30.6 Å². The third-order valence-corrected chi connectivity index (χ3v) is 5.18. The molecule has 0 spiro atoms. The van der Waals surface area contributed by atoms with Gasteiger partial charge in [-0.15, -0.1) is 0 Å². The lowest BCUT2D eigenvalue weighted by Gasteiger charge is -2.17. The standard InChI is InChI=1S/C26H24N4O4/c1-3-23(25(32)28-18-14-12-17(13-15-18)27-16(2)31)34-26(33)20-9-5-4-8-19(20)24-29-21-10-6-7-11-22(21)30-24/h4-15,23H,3H2,1-2H3,(H,27,31)(H,28,32)(H,29,30). The second kappa shape index (κ2) is 9.99. The summed E-state index contributed by atoms with van der Waals surface area (Å²) in [5, 5.41) is 5.41. The van der Waals surface area contributed by atoms with E-state index < -0.39 is 18.0 Å². The van der Waals surface area contributed by atoms with E-state index in [-0.39, 0.29) is 5.91 Å². The molecule has 1 heterocycles. The molecule has 3 aromatic carbocycles. The van der Waals surface area contributed by atoms with Crippen molar-refractivity contribution >= 4 is 40.2 Å². The first-order chi connectivity index (χ1) is 16.4. The zero-order valence-corrected chi connectivity index (χ0v) is 18.8. The molecule has 3 N–H and O–H groups in total. The molecule has 4 rings (SSSR count). The molecule has 34 heavy (non-hydrogen) atoms. The van der Waals surface area contributed by atoms with E-state index in [1.54, 1.807) is 49.4 Å². The molecule has 172 valence electrons. The Morgan fingerprint density at radius 3 is 2.24 bits per heavy atom. The van der Waals surface area contributed by atoms with E-state index in [1.165, 1.54) is 6.92 Å². The summed E-state index contributed by atoms with van der Waals surface area (Å²) in [6.45, 7) is 3.19. The number of H-pyrrole nitrogens is 1. The Labute approximate surface area is 196 Å². The molecule has 0 bridgehead atoms. The van der Waals surface area contributed by atoms with E-state index in [1.807, 2.05) is 30.3 Å². The molecule has 1 atom stereocenters. The summed E-state index contributed by atoms with van der Waals surface area (Å²) >= 11 is 0. The Bertz CT molecular complexity index is 1310. The van der Waals surface area contributed by atoms with Crippen molar-refractivity contribution in [1.29, 1.82) is 0 Å². The summed E-state index contributed by atoms with van der Waals surface area (Å²) < 4.78 is 5.58. The van der Waals surface area contributed by atoms with E-state index in [0.29, 0.717) is 34.7 Å². The minimum absolute atomic E-state index is 0.183. The number of ether oxygens (including phenoxy) is 1. The first-order valence-corrected chi connectivity index (χ1v) is 10.9. The molecule has 8 nitrogen and oxygen atoms in total. The van der Waals surface area contributed by atoms with Gasteiger partial charge in [-0.2, -0.15) is 0 Å². The minimum atomic E-state index is -0.980. The average molecular weight is 457 g/mol. The van der Waals surface area contributed by atoms with E-state index in [4.69, 9.17) is 4.74 Å². The summed E-state index contributed by atoms with van der Waals surface area (Å²) in [5.41, 5.74) is 3.69. The second-order valence-electron chi connectivity index (χ2n) is 7.70. The minimum Gasteiger partial charge on any atom is -0.449 e. The van der Waals surface area contributed by atoms with Gasteiger partial charge in [0.25, 0.3) is 5.91 Å². The van der Waals surface area contributed by atoms with Gasteiger partial charge in [0.05, 0.1) is 16.6 Å². The predicted molar refractivity (Wildman–Crippen MR) is 130 cm³/mol. The number of fused-ring (bicyclic) bond motifs is 1. The molecule has 0 radical (unpaired) electrons. The summed E-state index contributed by atoms with van der Waals surface area (Å²) in [4.78, 5) is 44.8. The van der Waals surface area contributed by atoms with E-state index in [2.05, 4.69) is 20.6 Å². The van der Waals surface area contributed by atoms with Crippen LogP contribution in [0.4, 0.5) is 11.4 Å². The number of carbonyl (C=O) groups is 3. The van der Waals surface area contributed by atoms with Crippen LogP contribution in [0.25, 0.3) is 22.4 Å². The fourth-order valence-corrected chi connectivity index (χ4v) is 3.53. The van der Waals surface area contributed by atoms with Gasteiger partial charge >= 0.3 is 5.97 Å². The molecule has 0 fully saturated rings. The van der Waals surface area contributed by atoms with Crippen LogP contribution in [0.2, 0.25) is 0 Å². The van der Waals surface area contributed by atoms with Gasteiger partial charge in [0.1, 0.15) is 5.82 Å². The van der Waals surface area contributed by atoms with Gasteiger partial charge < -0.3 is 20.4 Å². The monoisotopic (exact) mass is 456 g/mol. The molecular formula is C26H24N4O4. The van der Waals surface area contributed by atoms with Crippen LogP contribution in [-0.4, -0.2) is 33.9 Å². The highest BCUT2D eigenvalue weighted by atomic mass is 16.5. The molecule has 0 aliphatic heterocycles. The maximum atomic E-state index is 13.0. The number of nitrogens with one attached hydrogen (secondary N) is 3. The first-order valence-electron chi connectivity index (χ1n) is 10.9. The van der Waals surface area contributed by atoms with Crippen LogP contribution in [0.3, 0.4) is 0 Å². The number of benzene rings is 3. The maximum Gasteiger partial charge on any atom is 0.339 e. The van der Waals surface area contributed by atoms with Gasteiger partial charge in [0.15, 0.2) is 6.10 Å². The van der Waals surface area contributed by atoms with Crippen molar-refractivity contribution in [3.05, 3.63) is 78.4 Å². The predicted octanol–water partition coefficient (Wildman–Crippen LogP) is 4.76. The van der Waals surface area contributed by atoms with Gasteiger partial charge in [-0.25, -0.2) is 9.78 Å². The maximum absolute atomic E-state index is 13.0. The summed E-state index contributed by atoms with van der Waals surface area (Å²) in [7, 11) is 0. The molecule has 4 aromatic rings. The van der Waals surface area contributed by atoms with Gasteiger partial charge in [0.2, 0.25) is 5.91 Å². The Morgan fingerprint density at radius 1 is 0.912 bits per heavy atom. The number of imidazole rings is 1. The normalized spacial score (nSPS) is 11.6. The highest BCUT2D eigenvalue weighted by Crippen LogP contribution is 2.25. The summed E-state index contributed by atoms with van der Waals surface area (Å²) in [5.74, 6) is -0.688. The molecule has 0 saturated carbocycles. The van der Waals surface area contributed by atoms with Crippen molar-refractivity contribution < 1.29 is 19.1 Å². The molecule has 1 unspecified atom stereocenters. The largest absolute Gasteiger partial charge is 0.449 e. The highest BCUT2D eigenvalue weighted by Gasteiger charge is 2.24. The summed E-state index contributed by atoms with van der Waals surface area (Å²) in [6.07, 6.45) is -0.680. The molecule has 8 heteroatoms. The number of aromatic nitrogens is 2. The lowest BCUT2D eigenvalue weighted by Crippen LogP contribution is -2.32. The van der Waals surface area contributed by atoms with Crippen molar-refractivity contribution in [2.45, 2.75) is 26.4 Å². The zero-order chi connectivity index (χ0) is 24.1. The summed E-state index contributed by atoms with van der Waals surface area (Å²) in [6, 6.07) is 21.2. The Morgan fingerprint density at radius 2 is 1.56 bits per heavy atom. The Balaban J connectivity index is 1.49. The quantitative estimate of drug-likeness (QED) is 0.347. The van der Waals surface area contributed by atoms with Crippen LogP contribution in [-0.2, 0) is 14.3 Å². The number of anilines is 2. The number of esters is 1. The molecule has 0 saturated heterocycles. The van der Waals surface area contributed by atoms with Crippen molar-refractivity contribution in [2.75, 3.05) is 10.6 Å². The molecule has 2 amide bonds. The Kier molecular flexibility index (Phi) is 6.68. The average Bonchev–Trinajstić information content (AvgIpc) is 3.27. The Hall–Kier alpha value is -4.46.